The fourth-order valence-corrected chi connectivity index (χ4v) is 5.93. The van der Waals surface area contributed by atoms with Gasteiger partial charge in [-0.3, -0.25) is 9.59 Å². The normalized spacial score (nSPS) is 25.0. The van der Waals surface area contributed by atoms with Crippen LogP contribution >= 0.6 is 0 Å². The van der Waals surface area contributed by atoms with Gasteiger partial charge in [-0.1, -0.05) is 65.2 Å². The SMILES string of the molecule is CCCCCC(=O)Oc1ccc(OC(=O)C2CCC(C3CCC(CCCCC)CC3)CC2)cc1. The Balaban J connectivity index is 1.35. The van der Waals surface area contributed by atoms with Gasteiger partial charge in [0.2, 0.25) is 0 Å². The molecule has 34 heavy (non-hydrogen) atoms. The molecule has 2 saturated carbocycles. The standard InChI is InChI=1S/C30H46O4/c1-3-5-7-9-23-11-13-24(14-12-23)25-15-17-26(18-16-25)30(32)34-28-21-19-27(20-22-28)33-29(31)10-8-6-4-2/h19-26H,3-18H2,1-2H3. The molecule has 0 N–H and O–H groups in total. The van der Waals surface area contributed by atoms with E-state index in [-0.39, 0.29) is 17.9 Å². The lowest BCUT2D eigenvalue weighted by Crippen LogP contribution is -2.30. The number of benzene rings is 1. The van der Waals surface area contributed by atoms with Crippen molar-refractivity contribution in [2.75, 3.05) is 0 Å². The average molecular weight is 471 g/mol. The molecular formula is C30H46O4. The van der Waals surface area contributed by atoms with Gasteiger partial charge in [-0.2, -0.15) is 0 Å². The molecule has 0 radical (unpaired) electrons. The van der Waals surface area contributed by atoms with Gasteiger partial charge in [-0.25, -0.2) is 0 Å². The third-order valence-electron chi connectivity index (χ3n) is 8.14. The second-order valence-electron chi connectivity index (χ2n) is 10.7. The zero-order chi connectivity index (χ0) is 24.2. The van der Waals surface area contributed by atoms with Crippen LogP contribution in [0.15, 0.2) is 24.3 Å². The first-order valence-corrected chi connectivity index (χ1v) is 14.1. The second-order valence-corrected chi connectivity index (χ2v) is 10.7. The maximum atomic E-state index is 12.7. The van der Waals surface area contributed by atoms with E-state index >= 15 is 0 Å². The van der Waals surface area contributed by atoms with E-state index in [1.165, 1.54) is 51.4 Å². The summed E-state index contributed by atoms with van der Waals surface area (Å²) in [6.45, 7) is 4.39. The van der Waals surface area contributed by atoms with Crippen molar-refractivity contribution < 1.29 is 19.1 Å². The molecule has 0 saturated heterocycles. The van der Waals surface area contributed by atoms with Gasteiger partial charge in [0.25, 0.3) is 0 Å². The lowest BCUT2D eigenvalue weighted by molar-refractivity contribution is -0.140. The summed E-state index contributed by atoms with van der Waals surface area (Å²) < 4.78 is 11.0. The van der Waals surface area contributed by atoms with Crippen LogP contribution in [0, 0.1) is 23.7 Å². The third-order valence-corrected chi connectivity index (χ3v) is 8.14. The Labute approximate surface area is 207 Å². The molecule has 1 aromatic rings. The second kappa shape index (κ2) is 14.5. The van der Waals surface area contributed by atoms with Crippen molar-refractivity contribution in [3.63, 3.8) is 0 Å². The lowest BCUT2D eigenvalue weighted by atomic mass is 9.68. The van der Waals surface area contributed by atoms with Gasteiger partial charge >= 0.3 is 11.9 Å². The van der Waals surface area contributed by atoms with Gasteiger partial charge in [-0.15, -0.1) is 0 Å². The molecule has 1 aromatic carbocycles. The van der Waals surface area contributed by atoms with Crippen LogP contribution in [-0.4, -0.2) is 11.9 Å². The maximum absolute atomic E-state index is 12.7. The van der Waals surface area contributed by atoms with Gasteiger partial charge < -0.3 is 9.47 Å². The number of esters is 2. The highest BCUT2D eigenvalue weighted by molar-refractivity contribution is 5.75. The smallest absolute Gasteiger partial charge is 0.314 e. The van der Waals surface area contributed by atoms with E-state index in [0.717, 1.165) is 62.7 Å². The molecule has 0 bridgehead atoms. The van der Waals surface area contributed by atoms with Crippen molar-refractivity contribution in [2.24, 2.45) is 23.7 Å². The van der Waals surface area contributed by atoms with Crippen LogP contribution < -0.4 is 9.47 Å². The summed E-state index contributed by atoms with van der Waals surface area (Å²) in [6, 6.07) is 6.85. The fraction of sp³-hybridized carbons (Fsp3) is 0.733. The quantitative estimate of drug-likeness (QED) is 0.175. The first-order valence-electron chi connectivity index (χ1n) is 14.1. The first-order chi connectivity index (χ1) is 16.6. The molecule has 3 rings (SSSR count). The predicted octanol–water partition coefficient (Wildman–Crippen LogP) is 8.27. The summed E-state index contributed by atoms with van der Waals surface area (Å²) >= 11 is 0. The highest BCUT2D eigenvalue weighted by Crippen LogP contribution is 2.42. The van der Waals surface area contributed by atoms with Gasteiger partial charge in [0, 0.05) is 6.42 Å². The molecule has 2 aliphatic carbocycles. The molecule has 4 nitrogen and oxygen atoms in total. The number of unbranched alkanes of at least 4 members (excludes halogenated alkanes) is 4. The van der Waals surface area contributed by atoms with Crippen LogP contribution in [0.1, 0.15) is 117 Å². The van der Waals surface area contributed by atoms with Crippen molar-refractivity contribution in [2.45, 2.75) is 117 Å². The molecule has 2 aliphatic rings. The average Bonchev–Trinajstić information content (AvgIpc) is 2.86. The summed E-state index contributed by atoms with van der Waals surface area (Å²) in [7, 11) is 0. The Kier molecular flexibility index (Phi) is 11.4. The van der Waals surface area contributed by atoms with Crippen LogP contribution in [0.25, 0.3) is 0 Å². The van der Waals surface area contributed by atoms with Crippen molar-refractivity contribution in [1.82, 2.24) is 0 Å². The molecule has 0 atom stereocenters. The number of ether oxygens (including phenoxy) is 2. The summed E-state index contributed by atoms with van der Waals surface area (Å²) in [5, 5.41) is 0. The number of hydrogen-bond acceptors (Lipinski definition) is 4. The van der Waals surface area contributed by atoms with Crippen LogP contribution in [0.2, 0.25) is 0 Å². The number of rotatable bonds is 12. The molecule has 190 valence electrons. The Hall–Kier alpha value is -1.84. The summed E-state index contributed by atoms with van der Waals surface area (Å²) in [5.74, 6) is 3.36. The predicted molar refractivity (Wildman–Crippen MR) is 137 cm³/mol. The lowest BCUT2D eigenvalue weighted by Gasteiger charge is -2.37. The highest BCUT2D eigenvalue weighted by atomic mass is 16.5. The minimum absolute atomic E-state index is 0.0118. The minimum Gasteiger partial charge on any atom is -0.427 e. The zero-order valence-corrected chi connectivity index (χ0v) is 21.6. The van der Waals surface area contributed by atoms with Crippen molar-refractivity contribution in [3.8, 4) is 11.5 Å². The van der Waals surface area contributed by atoms with Crippen LogP contribution in [-0.2, 0) is 9.59 Å². The third kappa shape index (κ3) is 8.74. The monoisotopic (exact) mass is 470 g/mol. The summed E-state index contributed by atoms with van der Waals surface area (Å²) in [4.78, 5) is 24.6. The fourth-order valence-electron chi connectivity index (χ4n) is 5.93. The Morgan fingerprint density at radius 1 is 0.706 bits per heavy atom. The van der Waals surface area contributed by atoms with Crippen molar-refractivity contribution in [1.29, 1.82) is 0 Å². The maximum Gasteiger partial charge on any atom is 0.314 e. The van der Waals surface area contributed by atoms with E-state index < -0.39 is 0 Å². The number of carbonyl (C=O) groups is 2. The molecule has 0 unspecified atom stereocenters. The number of hydrogen-bond donors (Lipinski definition) is 0. The Morgan fingerprint density at radius 3 is 1.82 bits per heavy atom. The van der Waals surface area contributed by atoms with E-state index in [0.29, 0.717) is 17.9 Å². The molecule has 0 aliphatic heterocycles. The van der Waals surface area contributed by atoms with Crippen molar-refractivity contribution in [3.05, 3.63) is 24.3 Å². The van der Waals surface area contributed by atoms with Crippen molar-refractivity contribution >= 4 is 11.9 Å². The molecule has 0 spiro atoms. The van der Waals surface area contributed by atoms with Crippen LogP contribution in [0.3, 0.4) is 0 Å². The Morgan fingerprint density at radius 2 is 1.24 bits per heavy atom. The van der Waals surface area contributed by atoms with E-state index in [2.05, 4.69) is 13.8 Å². The molecular weight excluding hydrogens is 424 g/mol. The van der Waals surface area contributed by atoms with Gasteiger partial charge in [-0.05, 0) is 87.0 Å². The van der Waals surface area contributed by atoms with Crippen LogP contribution in [0.4, 0.5) is 0 Å². The highest BCUT2D eigenvalue weighted by Gasteiger charge is 2.33. The number of carbonyl (C=O) groups excluding carboxylic acids is 2. The van der Waals surface area contributed by atoms with Gasteiger partial charge in [0.05, 0.1) is 5.92 Å². The largest absolute Gasteiger partial charge is 0.427 e. The van der Waals surface area contributed by atoms with E-state index in [9.17, 15) is 9.59 Å². The Bertz CT molecular complexity index is 725. The molecule has 2 fully saturated rings. The minimum atomic E-state index is -0.208. The van der Waals surface area contributed by atoms with E-state index in [1.807, 2.05) is 0 Å². The van der Waals surface area contributed by atoms with Gasteiger partial charge in [0.15, 0.2) is 0 Å². The van der Waals surface area contributed by atoms with E-state index in [4.69, 9.17) is 9.47 Å². The zero-order valence-electron chi connectivity index (χ0n) is 21.6. The van der Waals surface area contributed by atoms with Crippen LogP contribution in [0.5, 0.6) is 11.5 Å². The first kappa shape index (κ1) is 26.8. The molecule has 0 aromatic heterocycles. The summed E-state index contributed by atoms with van der Waals surface area (Å²) in [5.41, 5.74) is 0. The summed E-state index contributed by atoms with van der Waals surface area (Å²) in [6.07, 6.45) is 18.8. The van der Waals surface area contributed by atoms with Gasteiger partial charge in [0.1, 0.15) is 11.5 Å². The molecule has 4 heteroatoms. The topological polar surface area (TPSA) is 52.6 Å². The molecule has 0 heterocycles. The molecule has 0 amide bonds. The van der Waals surface area contributed by atoms with E-state index in [1.54, 1.807) is 24.3 Å².